The molecule has 40 heavy (non-hydrogen) atoms. The summed E-state index contributed by atoms with van der Waals surface area (Å²) in [5, 5.41) is 23.4. The molecule has 3 aromatic rings. The zero-order valence-electron chi connectivity index (χ0n) is 22.2. The average Bonchev–Trinajstić information content (AvgIpc) is 2.91. The summed E-state index contributed by atoms with van der Waals surface area (Å²) < 4.78 is 10.9. The molecule has 2 N–H and O–H groups in total. The molecule has 0 unspecified atom stereocenters. The first-order valence-corrected chi connectivity index (χ1v) is 12.2. The van der Waals surface area contributed by atoms with E-state index in [-0.39, 0.29) is 29.3 Å². The minimum Gasteiger partial charge on any atom is -0.477 e. The Morgan fingerprint density at radius 1 is 0.850 bits per heavy atom. The Kier molecular flexibility index (Phi) is 9.62. The topological polar surface area (TPSA) is 141 Å². The molecule has 0 fully saturated rings. The van der Waals surface area contributed by atoms with E-state index in [1.54, 1.807) is 32.9 Å². The van der Waals surface area contributed by atoms with Crippen molar-refractivity contribution < 1.29 is 23.9 Å². The van der Waals surface area contributed by atoms with Gasteiger partial charge in [-0.2, -0.15) is 10.5 Å². The third kappa shape index (κ3) is 8.76. The van der Waals surface area contributed by atoms with Crippen molar-refractivity contribution in [1.29, 1.82) is 10.5 Å². The van der Waals surface area contributed by atoms with E-state index in [2.05, 4.69) is 22.5 Å². The highest BCUT2D eigenvalue weighted by Gasteiger charge is 2.21. The van der Waals surface area contributed by atoms with Crippen molar-refractivity contribution >= 4 is 29.2 Å². The number of nitriles is 2. The molecule has 3 rings (SSSR count). The maximum absolute atomic E-state index is 12.9. The molecule has 0 saturated heterocycles. The normalized spacial score (nSPS) is 10.1. The number of benzene rings is 3. The molecule has 0 saturated carbocycles. The second kappa shape index (κ2) is 13.3. The molecule has 0 spiro atoms. The Labute approximate surface area is 232 Å². The number of ether oxygens (including phenoxy) is 2. The van der Waals surface area contributed by atoms with Gasteiger partial charge in [0.15, 0.2) is 12.4 Å². The van der Waals surface area contributed by atoms with Crippen LogP contribution in [-0.4, -0.2) is 30.0 Å². The van der Waals surface area contributed by atoms with Crippen molar-refractivity contribution in [2.75, 3.05) is 17.2 Å². The Bertz CT molecular complexity index is 1570. The summed E-state index contributed by atoms with van der Waals surface area (Å²) in [6.45, 7) is 4.82. The highest BCUT2D eigenvalue weighted by molar-refractivity contribution is 6.12. The Morgan fingerprint density at radius 2 is 1.55 bits per heavy atom. The van der Waals surface area contributed by atoms with Crippen LogP contribution >= 0.6 is 0 Å². The van der Waals surface area contributed by atoms with Crippen molar-refractivity contribution in [1.82, 2.24) is 0 Å². The lowest BCUT2D eigenvalue weighted by Gasteiger charge is -2.21. The lowest BCUT2D eigenvalue weighted by molar-refractivity contribution is -0.115. The Morgan fingerprint density at radius 3 is 2.23 bits per heavy atom. The van der Waals surface area contributed by atoms with Gasteiger partial charge in [-0.3, -0.25) is 14.9 Å². The molecule has 0 atom stereocenters. The van der Waals surface area contributed by atoms with Crippen molar-refractivity contribution in [3.05, 3.63) is 89.0 Å². The van der Waals surface area contributed by atoms with E-state index in [1.807, 2.05) is 42.5 Å². The molecule has 0 heterocycles. The molecule has 0 radical (unpaired) electrons. The number of rotatable bonds is 7. The number of amides is 2. The van der Waals surface area contributed by atoms with Crippen LogP contribution in [0.1, 0.15) is 54.2 Å². The first-order valence-electron chi connectivity index (χ1n) is 12.2. The molecular weight excluding hydrogens is 508 g/mol. The molecule has 9 heteroatoms. The molecule has 2 amide bonds. The monoisotopic (exact) mass is 534 g/mol. The molecule has 0 bridgehead atoms. The van der Waals surface area contributed by atoms with Gasteiger partial charge in [-0.1, -0.05) is 42.2 Å². The third-order valence-electron chi connectivity index (χ3n) is 5.07. The summed E-state index contributed by atoms with van der Waals surface area (Å²) in [7, 11) is 0. The lowest BCUT2D eigenvalue weighted by atomic mass is 10.1. The maximum Gasteiger partial charge on any atom is 0.412 e. The first-order chi connectivity index (χ1) is 19.1. The second-order valence-corrected chi connectivity index (χ2v) is 9.42. The second-order valence-electron chi connectivity index (χ2n) is 9.42. The van der Waals surface area contributed by atoms with Crippen molar-refractivity contribution in [2.24, 2.45) is 0 Å². The maximum atomic E-state index is 12.9. The fourth-order valence-corrected chi connectivity index (χ4v) is 3.39. The van der Waals surface area contributed by atoms with E-state index >= 15 is 0 Å². The van der Waals surface area contributed by atoms with E-state index in [9.17, 15) is 14.4 Å². The van der Waals surface area contributed by atoms with E-state index in [0.29, 0.717) is 11.1 Å². The standard InChI is InChI=1S/C31H26N4O5/c1-31(2,3)40-30(38)35-26-18-28(39-15-14-32)24(13-12-21-8-5-4-6-9-21)17-25(26)34-29(37)19-27(36)23-11-7-10-22(16-23)20-33/h4-11,16-18H,15,19H2,1-3H3,(H,34,37)(H,35,38). The number of ketones is 1. The van der Waals surface area contributed by atoms with E-state index < -0.39 is 29.8 Å². The molecule has 200 valence electrons. The summed E-state index contributed by atoms with van der Waals surface area (Å²) in [5.74, 6) is 5.01. The van der Waals surface area contributed by atoms with Crippen LogP contribution in [0, 0.1) is 34.5 Å². The number of nitrogens with zero attached hydrogens (tertiary/aromatic N) is 2. The summed E-state index contributed by atoms with van der Waals surface area (Å²) in [5.41, 5.74) is 1.02. The Balaban J connectivity index is 1.98. The molecule has 0 aliphatic rings. The molecule has 0 aliphatic carbocycles. The third-order valence-corrected chi connectivity index (χ3v) is 5.07. The number of anilines is 2. The van der Waals surface area contributed by atoms with Crippen LogP contribution in [0.4, 0.5) is 16.2 Å². The lowest BCUT2D eigenvalue weighted by Crippen LogP contribution is -2.27. The number of Topliss-reactive ketones (excluding diaryl/α,β-unsaturated/α-hetero) is 1. The van der Waals surface area contributed by atoms with Gasteiger partial charge in [-0.05, 0) is 51.1 Å². The Hall–Kier alpha value is -5.59. The number of hydrogen-bond donors (Lipinski definition) is 2. The van der Waals surface area contributed by atoms with E-state index in [1.165, 1.54) is 24.3 Å². The van der Waals surface area contributed by atoms with Gasteiger partial charge in [0.25, 0.3) is 0 Å². The van der Waals surface area contributed by atoms with Crippen LogP contribution in [0.5, 0.6) is 5.75 Å². The van der Waals surface area contributed by atoms with Gasteiger partial charge >= 0.3 is 6.09 Å². The SMILES string of the molecule is CC(C)(C)OC(=O)Nc1cc(OCC#N)c(C#Cc2ccccc2)cc1NC(=O)CC(=O)c1cccc(C#N)c1. The van der Waals surface area contributed by atoms with Crippen molar-refractivity contribution in [3.8, 4) is 29.7 Å². The fraction of sp³-hybridized carbons (Fsp3) is 0.194. The summed E-state index contributed by atoms with van der Waals surface area (Å²) in [4.78, 5) is 38.2. The van der Waals surface area contributed by atoms with Gasteiger partial charge in [0.2, 0.25) is 5.91 Å². The van der Waals surface area contributed by atoms with E-state index in [0.717, 1.165) is 5.56 Å². The summed E-state index contributed by atoms with van der Waals surface area (Å²) >= 11 is 0. The summed E-state index contributed by atoms with van der Waals surface area (Å²) in [6.07, 6.45) is -1.31. The zero-order chi connectivity index (χ0) is 29.1. The quantitative estimate of drug-likeness (QED) is 0.234. The van der Waals surface area contributed by atoms with Crippen LogP contribution in [-0.2, 0) is 9.53 Å². The van der Waals surface area contributed by atoms with Gasteiger partial charge < -0.3 is 14.8 Å². The predicted molar refractivity (Wildman–Crippen MR) is 149 cm³/mol. The molecule has 0 aromatic heterocycles. The smallest absolute Gasteiger partial charge is 0.412 e. The highest BCUT2D eigenvalue weighted by atomic mass is 16.6. The minimum absolute atomic E-state index is 0.111. The minimum atomic E-state index is -0.793. The van der Waals surface area contributed by atoms with Gasteiger partial charge in [0, 0.05) is 17.2 Å². The highest BCUT2D eigenvalue weighted by Crippen LogP contribution is 2.32. The van der Waals surface area contributed by atoms with Gasteiger partial charge in [-0.15, -0.1) is 0 Å². The van der Waals surface area contributed by atoms with E-state index in [4.69, 9.17) is 20.0 Å². The fourth-order valence-electron chi connectivity index (χ4n) is 3.39. The molecular formula is C31H26N4O5. The first kappa shape index (κ1) is 29.0. The molecule has 9 nitrogen and oxygen atoms in total. The number of carbonyl (C=O) groups excluding carboxylic acids is 3. The van der Waals surface area contributed by atoms with Crippen LogP contribution in [0.2, 0.25) is 0 Å². The molecule has 3 aromatic carbocycles. The van der Waals surface area contributed by atoms with Crippen LogP contribution in [0.15, 0.2) is 66.7 Å². The molecule has 0 aliphatic heterocycles. The number of hydrogen-bond acceptors (Lipinski definition) is 7. The zero-order valence-corrected chi connectivity index (χ0v) is 22.2. The average molecular weight is 535 g/mol. The number of nitrogens with one attached hydrogen (secondary N) is 2. The van der Waals surface area contributed by atoms with Crippen LogP contribution in [0.25, 0.3) is 0 Å². The van der Waals surface area contributed by atoms with Gasteiger partial charge in [-0.25, -0.2) is 4.79 Å². The van der Waals surface area contributed by atoms with Crippen molar-refractivity contribution in [2.45, 2.75) is 32.8 Å². The van der Waals surface area contributed by atoms with Crippen LogP contribution in [0.3, 0.4) is 0 Å². The largest absolute Gasteiger partial charge is 0.477 e. The van der Waals surface area contributed by atoms with Gasteiger partial charge in [0.1, 0.15) is 17.4 Å². The van der Waals surface area contributed by atoms with Crippen molar-refractivity contribution in [3.63, 3.8) is 0 Å². The van der Waals surface area contributed by atoms with Gasteiger partial charge in [0.05, 0.1) is 35.0 Å². The predicted octanol–water partition coefficient (Wildman–Crippen LogP) is 5.42. The summed E-state index contributed by atoms with van der Waals surface area (Å²) in [6, 6.07) is 21.9. The van der Waals surface area contributed by atoms with Crippen LogP contribution < -0.4 is 15.4 Å². The number of carbonyl (C=O) groups is 3.